The monoisotopic (exact) mass is 1090 g/mol. The van der Waals surface area contributed by atoms with Crippen LogP contribution >= 0.6 is 0 Å². The van der Waals surface area contributed by atoms with Crippen LogP contribution in [-0.2, 0) is 0 Å². The van der Waals surface area contributed by atoms with Crippen molar-refractivity contribution in [2.24, 2.45) is 0 Å². The highest BCUT2D eigenvalue weighted by Crippen LogP contribution is 2.50. The molecule has 0 spiro atoms. The number of benzene rings is 17. The molecule has 0 N–H and O–H groups in total. The van der Waals surface area contributed by atoms with E-state index in [-0.39, 0.29) is 0 Å². The highest BCUT2D eigenvalue weighted by atomic mass is 14.3. The lowest BCUT2D eigenvalue weighted by Gasteiger charge is -2.21. The second-order valence-corrected chi connectivity index (χ2v) is 23.0. The van der Waals surface area contributed by atoms with Gasteiger partial charge in [0.1, 0.15) is 0 Å². The van der Waals surface area contributed by atoms with Crippen LogP contribution in [0.5, 0.6) is 0 Å². The summed E-state index contributed by atoms with van der Waals surface area (Å²) in [5.41, 5.74) is 19.1. The molecule has 0 atom stereocenters. The van der Waals surface area contributed by atoms with Crippen molar-refractivity contribution in [2.45, 2.75) is 0 Å². The summed E-state index contributed by atoms with van der Waals surface area (Å²) >= 11 is 0. The van der Waals surface area contributed by atoms with Crippen molar-refractivity contribution < 1.29 is 0 Å². The molecule has 17 aromatic rings. The van der Waals surface area contributed by atoms with Crippen LogP contribution in [0.3, 0.4) is 0 Å². The van der Waals surface area contributed by atoms with Crippen LogP contribution in [0.1, 0.15) is 0 Å². The van der Waals surface area contributed by atoms with E-state index in [9.17, 15) is 0 Å². The molecule has 0 saturated carbocycles. The van der Waals surface area contributed by atoms with E-state index in [1.807, 2.05) is 0 Å². The van der Waals surface area contributed by atoms with Gasteiger partial charge >= 0.3 is 0 Å². The molecule has 0 amide bonds. The lowest BCUT2D eigenvalue weighted by atomic mass is 9.82. The Labute approximate surface area is 499 Å². The molecule has 0 heterocycles. The quantitative estimate of drug-likeness (QED) is 0.133. The summed E-state index contributed by atoms with van der Waals surface area (Å²) in [6.07, 6.45) is 0. The minimum atomic E-state index is 1.14. The molecule has 0 radical (unpaired) electrons. The zero-order valence-electron chi connectivity index (χ0n) is 47.2. The molecule has 86 heavy (non-hydrogen) atoms. The Morgan fingerprint density at radius 2 is 0.419 bits per heavy atom. The van der Waals surface area contributed by atoms with E-state index in [4.69, 9.17) is 0 Å². The summed E-state index contributed by atoms with van der Waals surface area (Å²) in [6, 6.07) is 123. The fourth-order valence-corrected chi connectivity index (χ4v) is 14.3. The van der Waals surface area contributed by atoms with Crippen LogP contribution in [0, 0.1) is 0 Å². The number of rotatable bonds is 8. The first-order valence-corrected chi connectivity index (χ1v) is 29.9. The Kier molecular flexibility index (Phi) is 11.7. The molecular weight excluding hydrogens is 1030 g/mol. The molecule has 0 aliphatic carbocycles. The van der Waals surface area contributed by atoms with Crippen LogP contribution in [0.25, 0.3) is 175 Å². The minimum absolute atomic E-state index is 1.14. The topological polar surface area (TPSA) is 0 Å². The van der Waals surface area contributed by atoms with E-state index < -0.39 is 0 Å². The smallest absolute Gasteiger partial charge is 0.00201 e. The van der Waals surface area contributed by atoms with Gasteiger partial charge in [-0.1, -0.05) is 285 Å². The molecule has 0 bridgehead atoms. The molecule has 398 valence electrons. The highest BCUT2D eigenvalue weighted by molar-refractivity contribution is 6.23. The predicted molar refractivity (Wildman–Crippen MR) is 370 cm³/mol. The van der Waals surface area contributed by atoms with Crippen LogP contribution in [0.2, 0.25) is 0 Å². The minimum Gasteiger partial charge on any atom is -0.0616 e. The summed E-state index contributed by atoms with van der Waals surface area (Å²) in [7, 11) is 0. The van der Waals surface area contributed by atoms with Crippen molar-refractivity contribution >= 4 is 86.2 Å². The van der Waals surface area contributed by atoms with Gasteiger partial charge in [0.05, 0.1) is 0 Å². The standard InChI is InChI=1S/C86H54/c1-2-25-60-48-61(45-44-55(60)20-1)84-79-34-11-13-36-81(79)85(82-37-14-12-35-80(82)84)67-52-63(62-49-64(72-38-15-26-56-21-3-7-30-68(56)72)53-65(50-62)73-39-16-27-57-22-4-8-31-69(57)73)51-66(54-67)74-46-47-83(76-41-18-29-59-24-6-10-33-71(59)76)86-77(74)42-19-43-78(86)75-40-17-28-58-23-5-9-32-70(58)75/h1-54H. The third kappa shape index (κ3) is 8.22. The maximum atomic E-state index is 2.49. The van der Waals surface area contributed by atoms with Gasteiger partial charge in [-0.05, 0) is 218 Å². The molecule has 0 nitrogen and oxygen atoms in total. The van der Waals surface area contributed by atoms with E-state index in [0.29, 0.717) is 0 Å². The summed E-state index contributed by atoms with van der Waals surface area (Å²) < 4.78 is 0. The van der Waals surface area contributed by atoms with Gasteiger partial charge in [-0.15, -0.1) is 0 Å². The summed E-state index contributed by atoms with van der Waals surface area (Å²) in [6.45, 7) is 0. The average molecular weight is 1090 g/mol. The zero-order valence-corrected chi connectivity index (χ0v) is 47.2. The molecule has 0 aromatic heterocycles. The Hall–Kier alpha value is -11.2. The fourth-order valence-electron chi connectivity index (χ4n) is 14.3. The van der Waals surface area contributed by atoms with E-state index in [1.54, 1.807) is 0 Å². The summed E-state index contributed by atoms with van der Waals surface area (Å²) in [5.74, 6) is 0. The molecule has 0 aliphatic rings. The predicted octanol–water partition coefficient (Wildman–Crippen LogP) is 24.2. The van der Waals surface area contributed by atoms with E-state index in [2.05, 4.69) is 328 Å². The van der Waals surface area contributed by atoms with Gasteiger partial charge in [0.15, 0.2) is 0 Å². The van der Waals surface area contributed by atoms with Crippen LogP contribution in [-0.4, -0.2) is 0 Å². The SMILES string of the molecule is c1ccc2cc(-c3c4ccccc4c(-c4cc(-c5cc(-c6cccc7ccccc67)cc(-c6cccc7ccccc67)c5)cc(-c5ccc(-c6cccc7ccccc67)c6c(-c7cccc8ccccc78)cccc56)c4)c4ccccc34)ccc2c1. The first-order valence-electron chi connectivity index (χ1n) is 29.9. The van der Waals surface area contributed by atoms with Gasteiger partial charge in [0.25, 0.3) is 0 Å². The van der Waals surface area contributed by atoms with E-state index in [1.165, 1.54) is 153 Å². The molecule has 0 unspecified atom stereocenters. The van der Waals surface area contributed by atoms with Gasteiger partial charge in [0.2, 0.25) is 0 Å². The van der Waals surface area contributed by atoms with Gasteiger partial charge in [0, 0.05) is 0 Å². The first-order chi connectivity index (χ1) is 42.6. The maximum absolute atomic E-state index is 2.49. The number of hydrogen-bond acceptors (Lipinski definition) is 0. The highest BCUT2D eigenvalue weighted by Gasteiger charge is 2.22. The Balaban J connectivity index is 0.989. The lowest BCUT2D eigenvalue weighted by Crippen LogP contribution is -1.94. The van der Waals surface area contributed by atoms with Crippen molar-refractivity contribution in [1.82, 2.24) is 0 Å². The first kappa shape index (κ1) is 49.4. The van der Waals surface area contributed by atoms with Crippen molar-refractivity contribution in [3.63, 3.8) is 0 Å². The molecular formula is C86H54. The maximum Gasteiger partial charge on any atom is -0.00201 e. The van der Waals surface area contributed by atoms with Crippen molar-refractivity contribution in [3.8, 4) is 89.0 Å². The third-order valence-corrected chi connectivity index (χ3v) is 18.2. The number of hydrogen-bond donors (Lipinski definition) is 0. The van der Waals surface area contributed by atoms with E-state index in [0.717, 1.165) is 22.3 Å². The van der Waals surface area contributed by atoms with Crippen molar-refractivity contribution in [2.75, 3.05) is 0 Å². The lowest BCUT2D eigenvalue weighted by molar-refractivity contribution is 1.57. The Morgan fingerprint density at radius 1 is 0.128 bits per heavy atom. The van der Waals surface area contributed by atoms with Crippen LogP contribution in [0.15, 0.2) is 328 Å². The summed E-state index contributed by atoms with van der Waals surface area (Å²) in [5, 5.41) is 19.6. The van der Waals surface area contributed by atoms with Gasteiger partial charge in [-0.2, -0.15) is 0 Å². The van der Waals surface area contributed by atoms with Crippen molar-refractivity contribution in [1.29, 1.82) is 0 Å². The summed E-state index contributed by atoms with van der Waals surface area (Å²) in [4.78, 5) is 0. The molecule has 0 aliphatic heterocycles. The molecule has 17 rings (SSSR count). The molecule has 0 fully saturated rings. The Morgan fingerprint density at radius 3 is 0.907 bits per heavy atom. The third-order valence-electron chi connectivity index (χ3n) is 18.2. The van der Waals surface area contributed by atoms with Crippen LogP contribution in [0.4, 0.5) is 0 Å². The number of fused-ring (bicyclic) bond motifs is 8. The van der Waals surface area contributed by atoms with Crippen LogP contribution < -0.4 is 0 Å². The normalized spacial score (nSPS) is 11.7. The Bertz CT molecular complexity index is 5340. The largest absolute Gasteiger partial charge is 0.0616 e. The van der Waals surface area contributed by atoms with Gasteiger partial charge in [-0.25, -0.2) is 0 Å². The molecule has 0 heteroatoms. The van der Waals surface area contributed by atoms with Gasteiger partial charge < -0.3 is 0 Å². The zero-order chi connectivity index (χ0) is 56.7. The second-order valence-electron chi connectivity index (χ2n) is 23.0. The van der Waals surface area contributed by atoms with Crippen molar-refractivity contribution in [3.05, 3.63) is 328 Å². The average Bonchev–Trinajstić information content (AvgIpc) is 1.58. The molecule has 17 aromatic carbocycles. The second kappa shape index (κ2) is 20.3. The molecule has 0 saturated heterocycles. The van der Waals surface area contributed by atoms with Gasteiger partial charge in [-0.3, -0.25) is 0 Å². The van der Waals surface area contributed by atoms with E-state index >= 15 is 0 Å². The fraction of sp³-hybridized carbons (Fsp3) is 0.